The van der Waals surface area contributed by atoms with Crippen LogP contribution >= 0.6 is 0 Å². The summed E-state index contributed by atoms with van der Waals surface area (Å²) in [5.74, 6) is 3.44. The molecule has 0 aliphatic heterocycles. The molecule has 11 aromatic rings. The number of nitrogens with zero attached hydrogens (tertiary/aromatic N) is 8. The predicted molar refractivity (Wildman–Crippen MR) is 247 cm³/mol. The summed E-state index contributed by atoms with van der Waals surface area (Å²) in [6, 6.07) is 66.4. The number of rotatable bonds is 7. The Hall–Kier alpha value is -8.36. The normalized spacial score (nSPS) is 12.1. The molecule has 1 aliphatic carbocycles. The summed E-state index contributed by atoms with van der Waals surface area (Å²) < 4.78 is 4.69. The van der Waals surface area contributed by atoms with Gasteiger partial charge in [-0.25, -0.2) is 19.9 Å². The van der Waals surface area contributed by atoms with E-state index >= 15 is 0 Å². The Morgan fingerprint density at radius 2 is 0.661 bits per heavy atom. The van der Waals surface area contributed by atoms with Gasteiger partial charge in [0.1, 0.15) is 0 Å². The van der Waals surface area contributed by atoms with E-state index in [0.29, 0.717) is 35.1 Å². The Kier molecular flexibility index (Phi) is 8.45. The van der Waals surface area contributed by atoms with Crippen LogP contribution in [0.2, 0.25) is 0 Å². The van der Waals surface area contributed by atoms with Gasteiger partial charge in [-0.1, -0.05) is 164 Å². The molecule has 4 aromatic heterocycles. The van der Waals surface area contributed by atoms with Crippen molar-refractivity contribution in [2.75, 3.05) is 0 Å². The van der Waals surface area contributed by atoms with Gasteiger partial charge in [0.15, 0.2) is 29.1 Å². The Bertz CT molecular complexity index is 3390. The van der Waals surface area contributed by atoms with Gasteiger partial charge in [0.25, 0.3) is 0 Å². The van der Waals surface area contributed by atoms with Crippen molar-refractivity contribution in [2.24, 2.45) is 0 Å². The number of benzene rings is 7. The lowest BCUT2D eigenvalue weighted by atomic mass is 9.92. The van der Waals surface area contributed by atoms with Crippen LogP contribution < -0.4 is 0 Å². The molecule has 0 atom stereocenters. The van der Waals surface area contributed by atoms with Crippen molar-refractivity contribution in [3.63, 3.8) is 0 Å². The molecule has 0 amide bonds. The maximum Gasteiger partial charge on any atom is 0.238 e. The largest absolute Gasteiger partial charge is 0.307 e. The van der Waals surface area contributed by atoms with Gasteiger partial charge >= 0.3 is 0 Å². The van der Waals surface area contributed by atoms with Gasteiger partial charge < -0.3 is 4.57 Å². The van der Waals surface area contributed by atoms with E-state index in [9.17, 15) is 0 Å². The van der Waals surface area contributed by atoms with E-state index in [1.807, 2.05) is 97.1 Å². The van der Waals surface area contributed by atoms with Crippen LogP contribution in [0, 0.1) is 0 Å². The molecule has 0 unspecified atom stereocenters. The van der Waals surface area contributed by atoms with Gasteiger partial charge in [-0.2, -0.15) is 9.97 Å². The minimum Gasteiger partial charge on any atom is -0.307 e. The molecule has 0 fully saturated rings. The molecule has 8 heteroatoms. The Labute approximate surface area is 357 Å². The monoisotopic (exact) mass is 796 g/mol. The van der Waals surface area contributed by atoms with Crippen LogP contribution in [0.3, 0.4) is 0 Å². The second-order valence-electron chi connectivity index (χ2n) is 15.5. The standard InChI is InChI=1S/C54H36N8/c1-5-18-35(19-6-1)49-55-50(36-20-7-2-8-21-36)57-52(56-49)38-24-17-25-39(34-38)53-58-51(37-22-9-3-10-23-37)59-54(60-53)62-46-31-16-14-29-42(46)44-33-32-43-41-28-13-15-30-45(41)61(47(43)48(44)62)40-26-11-4-12-27-40/h1-31,34H,32-33H2. The van der Waals surface area contributed by atoms with Crippen molar-refractivity contribution in [3.05, 3.63) is 205 Å². The molecular weight excluding hydrogens is 761 g/mol. The van der Waals surface area contributed by atoms with Crippen molar-refractivity contribution >= 4 is 21.8 Å². The fraction of sp³-hybridized carbons (Fsp3) is 0.0370. The lowest BCUT2D eigenvalue weighted by Gasteiger charge is -2.20. The van der Waals surface area contributed by atoms with Crippen molar-refractivity contribution in [1.29, 1.82) is 0 Å². The van der Waals surface area contributed by atoms with Gasteiger partial charge in [-0.3, -0.25) is 4.57 Å². The van der Waals surface area contributed by atoms with Crippen LogP contribution in [0.5, 0.6) is 0 Å². The van der Waals surface area contributed by atoms with Crippen LogP contribution in [0.1, 0.15) is 11.1 Å². The van der Waals surface area contributed by atoms with Crippen molar-refractivity contribution in [3.8, 4) is 80.0 Å². The minimum atomic E-state index is 0.544. The first-order valence-corrected chi connectivity index (χ1v) is 20.9. The molecule has 7 aromatic carbocycles. The molecule has 292 valence electrons. The van der Waals surface area contributed by atoms with Gasteiger partial charge in [-0.05, 0) is 54.3 Å². The fourth-order valence-electron chi connectivity index (χ4n) is 8.97. The second-order valence-corrected chi connectivity index (χ2v) is 15.5. The summed E-state index contributed by atoms with van der Waals surface area (Å²) >= 11 is 0. The minimum absolute atomic E-state index is 0.544. The van der Waals surface area contributed by atoms with Gasteiger partial charge in [0.2, 0.25) is 5.95 Å². The number of para-hydroxylation sites is 3. The zero-order valence-corrected chi connectivity index (χ0v) is 33.5. The van der Waals surface area contributed by atoms with E-state index in [-0.39, 0.29) is 0 Å². The molecule has 4 heterocycles. The number of fused-ring (bicyclic) bond motifs is 7. The van der Waals surface area contributed by atoms with Crippen LogP contribution in [-0.4, -0.2) is 39.0 Å². The fourth-order valence-corrected chi connectivity index (χ4v) is 8.97. The molecule has 0 N–H and O–H groups in total. The van der Waals surface area contributed by atoms with Crippen LogP contribution in [0.25, 0.3) is 102 Å². The quantitative estimate of drug-likeness (QED) is 0.160. The highest BCUT2D eigenvalue weighted by Crippen LogP contribution is 2.46. The van der Waals surface area contributed by atoms with Gasteiger partial charge in [0, 0.05) is 44.3 Å². The maximum absolute atomic E-state index is 5.40. The summed E-state index contributed by atoms with van der Waals surface area (Å²) in [5.41, 5.74) is 12.6. The number of hydrogen-bond acceptors (Lipinski definition) is 6. The smallest absolute Gasteiger partial charge is 0.238 e. The highest BCUT2D eigenvalue weighted by atomic mass is 15.2. The third-order valence-corrected chi connectivity index (χ3v) is 11.8. The van der Waals surface area contributed by atoms with Crippen LogP contribution in [0.4, 0.5) is 0 Å². The van der Waals surface area contributed by atoms with Gasteiger partial charge in [0.05, 0.1) is 22.4 Å². The predicted octanol–water partition coefficient (Wildman–Crippen LogP) is 12.0. The van der Waals surface area contributed by atoms with Crippen molar-refractivity contribution in [2.45, 2.75) is 12.8 Å². The number of aromatic nitrogens is 8. The van der Waals surface area contributed by atoms with E-state index in [1.54, 1.807) is 0 Å². The first-order chi connectivity index (χ1) is 30.7. The van der Waals surface area contributed by atoms with Crippen molar-refractivity contribution < 1.29 is 0 Å². The lowest BCUT2D eigenvalue weighted by Crippen LogP contribution is -2.12. The topological polar surface area (TPSA) is 87.2 Å². The summed E-state index contributed by atoms with van der Waals surface area (Å²) in [7, 11) is 0. The molecule has 0 bridgehead atoms. The Morgan fingerprint density at radius 1 is 0.306 bits per heavy atom. The highest BCUT2D eigenvalue weighted by molar-refractivity contribution is 6.00. The van der Waals surface area contributed by atoms with E-state index in [4.69, 9.17) is 29.9 Å². The molecule has 0 saturated heterocycles. The SMILES string of the molecule is c1ccc(-c2nc(-c3ccccc3)nc(-c3cccc(-c4nc(-c5ccccc5)nc(-n5c6c(c7ccccc75)CCc5c-6n(-c6ccccc6)c6ccccc56)n4)c3)n2)cc1. The van der Waals surface area contributed by atoms with E-state index in [2.05, 4.69) is 106 Å². The second kappa shape index (κ2) is 14.7. The summed E-state index contributed by atoms with van der Waals surface area (Å²) in [5, 5.41) is 2.46. The molecule has 12 rings (SSSR count). The average molecular weight is 797 g/mol. The van der Waals surface area contributed by atoms with Gasteiger partial charge in [-0.15, -0.1) is 0 Å². The maximum atomic E-state index is 5.40. The molecule has 0 saturated carbocycles. The van der Waals surface area contributed by atoms with Crippen molar-refractivity contribution in [1.82, 2.24) is 39.0 Å². The number of hydrogen-bond donors (Lipinski definition) is 0. The molecular formula is C54H36N8. The summed E-state index contributed by atoms with van der Waals surface area (Å²) in [4.78, 5) is 30.9. The van der Waals surface area contributed by atoms with E-state index in [1.165, 1.54) is 33.1 Å². The average Bonchev–Trinajstić information content (AvgIpc) is 3.88. The zero-order chi connectivity index (χ0) is 41.0. The molecule has 0 radical (unpaired) electrons. The lowest BCUT2D eigenvalue weighted by molar-refractivity contribution is 0.888. The van der Waals surface area contributed by atoms with Crippen LogP contribution in [0.15, 0.2) is 194 Å². The third-order valence-electron chi connectivity index (χ3n) is 11.8. The zero-order valence-electron chi connectivity index (χ0n) is 33.5. The first-order valence-electron chi connectivity index (χ1n) is 20.9. The summed E-state index contributed by atoms with van der Waals surface area (Å²) in [6.45, 7) is 0. The molecule has 62 heavy (non-hydrogen) atoms. The molecule has 8 nitrogen and oxygen atoms in total. The third kappa shape index (κ3) is 5.99. The van der Waals surface area contributed by atoms with E-state index in [0.717, 1.165) is 57.6 Å². The molecule has 0 spiro atoms. The highest BCUT2D eigenvalue weighted by Gasteiger charge is 2.32. The summed E-state index contributed by atoms with van der Waals surface area (Å²) in [6.07, 6.45) is 1.82. The van der Waals surface area contributed by atoms with E-state index < -0.39 is 0 Å². The van der Waals surface area contributed by atoms with Crippen LogP contribution in [-0.2, 0) is 12.8 Å². The Balaban J connectivity index is 1.09. The Morgan fingerprint density at radius 3 is 1.16 bits per heavy atom. The number of aryl methyl sites for hydroxylation is 2. The molecule has 1 aliphatic rings. The first kappa shape index (κ1) is 35.6.